The molecule has 7 heteroatoms. The van der Waals surface area contributed by atoms with E-state index in [9.17, 15) is 4.79 Å². The number of benzene rings is 1. The van der Waals surface area contributed by atoms with E-state index in [-0.39, 0.29) is 11.4 Å². The number of anilines is 1. The topological polar surface area (TPSA) is 106 Å². The number of nitrogens with zero attached hydrogens (tertiary/aromatic N) is 2. The number of carbonyl (C=O) groups excluding carboxylic acids is 1. The van der Waals surface area contributed by atoms with Crippen molar-refractivity contribution in [1.82, 2.24) is 15.0 Å². The fourth-order valence-corrected chi connectivity index (χ4v) is 2.50. The number of aromatic amines is 1. The van der Waals surface area contributed by atoms with Crippen LogP contribution in [0.5, 0.6) is 0 Å². The van der Waals surface area contributed by atoms with Crippen LogP contribution in [0.25, 0.3) is 21.9 Å². The van der Waals surface area contributed by atoms with Crippen molar-refractivity contribution in [1.29, 1.82) is 0 Å². The molecule has 2 aromatic heterocycles. The maximum atomic E-state index is 11.7. The fourth-order valence-electron chi connectivity index (χ4n) is 2.50. The first-order valence-corrected chi connectivity index (χ1v) is 7.74. The average molecular weight is 327 g/mol. The van der Waals surface area contributed by atoms with Crippen LogP contribution >= 0.6 is 0 Å². The molecular formula is C17H21N5O2. The molecule has 0 unspecified atom stereocenters. The van der Waals surface area contributed by atoms with Gasteiger partial charge < -0.3 is 20.8 Å². The highest BCUT2D eigenvalue weighted by Crippen LogP contribution is 2.30. The van der Waals surface area contributed by atoms with Gasteiger partial charge in [0.25, 0.3) is 0 Å². The summed E-state index contributed by atoms with van der Waals surface area (Å²) in [4.78, 5) is 23.6. The number of nitrogens with one attached hydrogen (secondary N) is 2. The molecule has 126 valence electrons. The number of methoxy groups -OCH3 is 1. The van der Waals surface area contributed by atoms with Crippen molar-refractivity contribution < 1.29 is 9.53 Å². The van der Waals surface area contributed by atoms with Gasteiger partial charge in [-0.05, 0) is 24.1 Å². The van der Waals surface area contributed by atoms with Crippen LogP contribution in [0.15, 0.2) is 24.5 Å². The maximum absolute atomic E-state index is 11.7. The lowest BCUT2D eigenvalue weighted by atomic mass is 9.94. The SMILES string of the molecule is COC(=O)c1ccc2c(c1)[nH]c1ncnc(NCC(C)(C)CN)c12. The van der Waals surface area contributed by atoms with Crippen molar-refractivity contribution in [2.45, 2.75) is 13.8 Å². The zero-order valence-electron chi connectivity index (χ0n) is 14.0. The van der Waals surface area contributed by atoms with Gasteiger partial charge in [-0.2, -0.15) is 0 Å². The Morgan fingerprint density at radius 1 is 1.38 bits per heavy atom. The van der Waals surface area contributed by atoms with Crippen molar-refractivity contribution >= 4 is 33.7 Å². The molecule has 3 rings (SSSR count). The highest BCUT2D eigenvalue weighted by atomic mass is 16.5. The van der Waals surface area contributed by atoms with E-state index >= 15 is 0 Å². The van der Waals surface area contributed by atoms with Crippen LogP contribution in [-0.2, 0) is 4.74 Å². The van der Waals surface area contributed by atoms with Crippen LogP contribution in [-0.4, -0.2) is 41.1 Å². The number of nitrogens with two attached hydrogens (primary N) is 1. The molecule has 0 aliphatic rings. The smallest absolute Gasteiger partial charge is 0.337 e. The van der Waals surface area contributed by atoms with E-state index in [1.807, 2.05) is 6.07 Å². The lowest BCUT2D eigenvalue weighted by Gasteiger charge is -2.23. The molecule has 0 saturated carbocycles. The Labute approximate surface area is 139 Å². The lowest BCUT2D eigenvalue weighted by Crippen LogP contribution is -2.31. The van der Waals surface area contributed by atoms with Gasteiger partial charge in [-0.3, -0.25) is 0 Å². The summed E-state index contributed by atoms with van der Waals surface area (Å²) in [5.74, 6) is 0.378. The molecular weight excluding hydrogens is 306 g/mol. The van der Waals surface area contributed by atoms with E-state index in [2.05, 4.69) is 34.1 Å². The van der Waals surface area contributed by atoms with Gasteiger partial charge in [-0.25, -0.2) is 14.8 Å². The van der Waals surface area contributed by atoms with Gasteiger partial charge in [0.1, 0.15) is 17.8 Å². The quantitative estimate of drug-likeness (QED) is 0.621. The summed E-state index contributed by atoms with van der Waals surface area (Å²) in [6.45, 7) is 5.46. The Kier molecular flexibility index (Phi) is 4.11. The minimum Gasteiger partial charge on any atom is -0.465 e. The number of ether oxygens (including phenoxy) is 1. The van der Waals surface area contributed by atoms with E-state index in [1.54, 1.807) is 12.1 Å². The number of aromatic nitrogens is 3. The van der Waals surface area contributed by atoms with Gasteiger partial charge in [0, 0.05) is 17.4 Å². The van der Waals surface area contributed by atoms with Crippen LogP contribution in [0, 0.1) is 5.41 Å². The molecule has 0 atom stereocenters. The summed E-state index contributed by atoms with van der Waals surface area (Å²) < 4.78 is 4.77. The molecule has 0 fully saturated rings. The van der Waals surface area contributed by atoms with Crippen molar-refractivity contribution in [3.05, 3.63) is 30.1 Å². The van der Waals surface area contributed by atoms with Crippen LogP contribution < -0.4 is 11.1 Å². The molecule has 1 aromatic carbocycles. The molecule has 2 heterocycles. The molecule has 0 aliphatic heterocycles. The summed E-state index contributed by atoms with van der Waals surface area (Å²) in [6, 6.07) is 5.38. The highest BCUT2D eigenvalue weighted by molar-refractivity contribution is 6.12. The largest absolute Gasteiger partial charge is 0.465 e. The number of hydrogen-bond acceptors (Lipinski definition) is 6. The average Bonchev–Trinajstić information content (AvgIpc) is 2.97. The van der Waals surface area contributed by atoms with E-state index in [0.717, 1.165) is 27.8 Å². The Bertz CT molecular complexity index is 901. The Hall–Kier alpha value is -2.67. The summed E-state index contributed by atoms with van der Waals surface area (Å²) in [7, 11) is 1.37. The Balaban J connectivity index is 2.07. The Morgan fingerprint density at radius 2 is 2.17 bits per heavy atom. The minimum absolute atomic E-state index is 0.0402. The minimum atomic E-state index is -0.371. The van der Waals surface area contributed by atoms with E-state index in [0.29, 0.717) is 18.7 Å². The number of rotatable bonds is 5. The van der Waals surface area contributed by atoms with Gasteiger partial charge in [-0.15, -0.1) is 0 Å². The van der Waals surface area contributed by atoms with Gasteiger partial charge in [0.15, 0.2) is 0 Å². The standard InChI is InChI=1S/C17H21N5O2/c1-17(2,7-18)8-19-14-13-11-5-4-10(16(23)24-3)6-12(11)22-15(13)21-9-20-14/h4-6,9H,7-8,18H2,1-3H3,(H2,19,20,21,22). The molecule has 0 amide bonds. The molecule has 0 bridgehead atoms. The van der Waals surface area contributed by atoms with Crippen molar-refractivity contribution in [3.8, 4) is 0 Å². The lowest BCUT2D eigenvalue weighted by molar-refractivity contribution is 0.0601. The fraction of sp³-hybridized carbons (Fsp3) is 0.353. The van der Waals surface area contributed by atoms with Crippen LogP contribution in [0.4, 0.5) is 5.82 Å². The maximum Gasteiger partial charge on any atom is 0.337 e. The van der Waals surface area contributed by atoms with Gasteiger partial charge in [0.2, 0.25) is 0 Å². The van der Waals surface area contributed by atoms with Crippen LogP contribution in [0.2, 0.25) is 0 Å². The number of H-pyrrole nitrogens is 1. The van der Waals surface area contributed by atoms with Crippen LogP contribution in [0.3, 0.4) is 0 Å². The molecule has 0 spiro atoms. The van der Waals surface area contributed by atoms with E-state index in [1.165, 1.54) is 13.4 Å². The van der Waals surface area contributed by atoms with Gasteiger partial charge in [-0.1, -0.05) is 19.9 Å². The summed E-state index contributed by atoms with van der Waals surface area (Å²) >= 11 is 0. The van der Waals surface area contributed by atoms with Gasteiger partial charge in [0.05, 0.1) is 18.1 Å². The number of fused-ring (bicyclic) bond motifs is 3. The zero-order valence-corrected chi connectivity index (χ0v) is 14.0. The first kappa shape index (κ1) is 16.2. The third-order valence-corrected chi connectivity index (χ3v) is 4.10. The monoisotopic (exact) mass is 327 g/mol. The summed E-state index contributed by atoms with van der Waals surface area (Å²) in [6.07, 6.45) is 1.51. The van der Waals surface area contributed by atoms with Crippen molar-refractivity contribution in [2.75, 3.05) is 25.5 Å². The molecule has 24 heavy (non-hydrogen) atoms. The second kappa shape index (κ2) is 6.09. The van der Waals surface area contributed by atoms with Crippen molar-refractivity contribution in [2.24, 2.45) is 11.1 Å². The summed E-state index contributed by atoms with van der Waals surface area (Å²) in [5.41, 5.74) is 7.77. The van der Waals surface area contributed by atoms with Crippen LogP contribution in [0.1, 0.15) is 24.2 Å². The molecule has 0 saturated heterocycles. The molecule has 3 aromatic rings. The third-order valence-electron chi connectivity index (χ3n) is 4.10. The van der Waals surface area contributed by atoms with Crippen molar-refractivity contribution in [3.63, 3.8) is 0 Å². The first-order valence-electron chi connectivity index (χ1n) is 7.74. The highest BCUT2D eigenvalue weighted by Gasteiger charge is 2.18. The third kappa shape index (κ3) is 2.90. The molecule has 0 aliphatic carbocycles. The summed E-state index contributed by atoms with van der Waals surface area (Å²) in [5, 5.41) is 5.21. The van der Waals surface area contributed by atoms with E-state index < -0.39 is 0 Å². The predicted octanol–water partition coefficient (Wildman–Crippen LogP) is 2.29. The number of hydrogen-bond donors (Lipinski definition) is 3. The second-order valence-corrected chi connectivity index (χ2v) is 6.54. The molecule has 7 nitrogen and oxygen atoms in total. The zero-order chi connectivity index (χ0) is 17.3. The normalized spacial score (nSPS) is 11.8. The number of esters is 1. The molecule has 4 N–H and O–H groups in total. The Morgan fingerprint density at radius 3 is 2.88 bits per heavy atom. The van der Waals surface area contributed by atoms with Gasteiger partial charge >= 0.3 is 5.97 Å². The molecule has 0 radical (unpaired) electrons. The first-order chi connectivity index (χ1) is 11.4. The second-order valence-electron chi connectivity index (χ2n) is 6.54. The predicted molar refractivity (Wildman–Crippen MR) is 94.1 cm³/mol. The van der Waals surface area contributed by atoms with E-state index in [4.69, 9.17) is 10.5 Å². The number of carbonyl (C=O) groups is 1.